The van der Waals surface area contributed by atoms with Crippen LogP contribution in [0.15, 0.2) is 36.4 Å². The molecular formula is C21H29NO. The van der Waals surface area contributed by atoms with Gasteiger partial charge in [0.1, 0.15) is 5.75 Å². The van der Waals surface area contributed by atoms with Gasteiger partial charge >= 0.3 is 0 Å². The Morgan fingerprint density at radius 3 is 2.70 bits per heavy atom. The van der Waals surface area contributed by atoms with Crippen LogP contribution in [0.4, 0.5) is 0 Å². The molecule has 0 aromatic heterocycles. The van der Waals surface area contributed by atoms with E-state index < -0.39 is 0 Å². The fourth-order valence-corrected chi connectivity index (χ4v) is 3.64. The zero-order chi connectivity index (χ0) is 15.9. The topological polar surface area (TPSA) is 21.3 Å². The molecule has 2 heteroatoms. The van der Waals surface area contributed by atoms with E-state index in [1.165, 1.54) is 48.4 Å². The molecular weight excluding hydrogens is 282 g/mol. The lowest BCUT2D eigenvalue weighted by Gasteiger charge is -2.22. The second-order valence-corrected chi connectivity index (χ2v) is 6.75. The van der Waals surface area contributed by atoms with Crippen molar-refractivity contribution in [2.45, 2.75) is 52.0 Å². The Kier molecular flexibility index (Phi) is 5.93. The Hall–Kier alpha value is -1.54. The molecule has 2 aromatic carbocycles. The van der Waals surface area contributed by atoms with E-state index >= 15 is 0 Å². The van der Waals surface area contributed by atoms with E-state index in [-0.39, 0.29) is 0 Å². The molecule has 124 valence electrons. The normalized spacial score (nSPS) is 15.9. The van der Waals surface area contributed by atoms with Crippen LogP contribution in [-0.4, -0.2) is 13.2 Å². The number of ether oxygens (including phenoxy) is 1. The molecule has 0 heterocycles. The molecule has 1 aliphatic rings. The van der Waals surface area contributed by atoms with Gasteiger partial charge in [-0.1, -0.05) is 56.5 Å². The highest BCUT2D eigenvalue weighted by Crippen LogP contribution is 2.29. The Morgan fingerprint density at radius 1 is 1.04 bits per heavy atom. The van der Waals surface area contributed by atoms with E-state index in [4.69, 9.17) is 4.74 Å². The van der Waals surface area contributed by atoms with Gasteiger partial charge in [0.2, 0.25) is 0 Å². The van der Waals surface area contributed by atoms with Gasteiger partial charge in [-0.2, -0.15) is 0 Å². The predicted octanol–water partition coefficient (Wildman–Crippen LogP) is 5.30. The van der Waals surface area contributed by atoms with Gasteiger partial charge in [0.05, 0.1) is 6.61 Å². The molecule has 1 N–H and O–H groups in total. The Labute approximate surface area is 140 Å². The first kappa shape index (κ1) is 16.3. The monoisotopic (exact) mass is 311 g/mol. The maximum atomic E-state index is 6.00. The van der Waals surface area contributed by atoms with E-state index in [1.807, 2.05) is 0 Å². The number of hydrogen-bond donors (Lipinski definition) is 1. The van der Waals surface area contributed by atoms with Gasteiger partial charge < -0.3 is 10.1 Å². The van der Waals surface area contributed by atoms with Crippen molar-refractivity contribution in [2.24, 2.45) is 5.92 Å². The lowest BCUT2D eigenvalue weighted by molar-refractivity contribution is 0.311. The number of rotatable bonds is 7. The van der Waals surface area contributed by atoms with Gasteiger partial charge in [0, 0.05) is 12.1 Å². The largest absolute Gasteiger partial charge is 0.493 e. The Bertz CT molecular complexity index is 616. The zero-order valence-electron chi connectivity index (χ0n) is 14.3. The van der Waals surface area contributed by atoms with Gasteiger partial charge in [-0.15, -0.1) is 0 Å². The minimum absolute atomic E-state index is 0.786. The predicted molar refractivity (Wildman–Crippen MR) is 98.0 cm³/mol. The van der Waals surface area contributed by atoms with Crippen molar-refractivity contribution in [3.05, 3.63) is 42.0 Å². The summed E-state index contributed by atoms with van der Waals surface area (Å²) in [6.45, 7) is 4.98. The van der Waals surface area contributed by atoms with Crippen LogP contribution < -0.4 is 10.1 Å². The zero-order valence-corrected chi connectivity index (χ0v) is 14.3. The first-order valence-electron chi connectivity index (χ1n) is 9.22. The molecule has 23 heavy (non-hydrogen) atoms. The maximum absolute atomic E-state index is 6.00. The number of hydrogen-bond acceptors (Lipinski definition) is 2. The van der Waals surface area contributed by atoms with Crippen molar-refractivity contribution in [3.8, 4) is 5.75 Å². The Morgan fingerprint density at radius 2 is 1.87 bits per heavy atom. The van der Waals surface area contributed by atoms with Gasteiger partial charge in [0.15, 0.2) is 0 Å². The molecule has 0 spiro atoms. The average Bonchev–Trinajstić information content (AvgIpc) is 2.61. The summed E-state index contributed by atoms with van der Waals surface area (Å²) in [4.78, 5) is 0. The fraction of sp³-hybridized carbons (Fsp3) is 0.524. The smallest absolute Gasteiger partial charge is 0.124 e. The third-order valence-corrected chi connectivity index (χ3v) is 4.92. The molecule has 0 bridgehead atoms. The third kappa shape index (κ3) is 4.26. The summed E-state index contributed by atoms with van der Waals surface area (Å²) in [5.74, 6) is 1.90. The van der Waals surface area contributed by atoms with Crippen LogP contribution in [0.2, 0.25) is 0 Å². The molecule has 1 fully saturated rings. The van der Waals surface area contributed by atoms with Crippen LogP contribution >= 0.6 is 0 Å². The van der Waals surface area contributed by atoms with Crippen molar-refractivity contribution in [1.29, 1.82) is 0 Å². The van der Waals surface area contributed by atoms with Crippen LogP contribution in [0.3, 0.4) is 0 Å². The summed E-state index contributed by atoms with van der Waals surface area (Å²) in [6, 6.07) is 12.9. The highest BCUT2D eigenvalue weighted by molar-refractivity contribution is 5.87. The standard InChI is InChI=1S/C21H29NO/c1-2-14-23-21-13-12-18-10-6-7-11-19(18)20(21)16-22-15-17-8-4-3-5-9-17/h6-7,10-13,17,22H,2-5,8-9,14-16H2,1H3. The minimum atomic E-state index is 0.786. The van der Waals surface area contributed by atoms with Gasteiger partial charge in [0.25, 0.3) is 0 Å². The van der Waals surface area contributed by atoms with Gasteiger partial charge in [-0.25, -0.2) is 0 Å². The van der Waals surface area contributed by atoms with E-state index in [0.717, 1.165) is 37.8 Å². The van der Waals surface area contributed by atoms with E-state index in [2.05, 4.69) is 48.6 Å². The molecule has 2 nitrogen and oxygen atoms in total. The van der Waals surface area contributed by atoms with Crippen LogP contribution in [0.25, 0.3) is 10.8 Å². The summed E-state index contributed by atoms with van der Waals surface area (Å²) < 4.78 is 6.00. The Balaban J connectivity index is 1.73. The maximum Gasteiger partial charge on any atom is 0.124 e. The number of fused-ring (bicyclic) bond motifs is 1. The fourth-order valence-electron chi connectivity index (χ4n) is 3.64. The molecule has 0 atom stereocenters. The molecule has 0 saturated heterocycles. The van der Waals surface area contributed by atoms with Crippen LogP contribution in [0, 0.1) is 5.92 Å². The van der Waals surface area contributed by atoms with Crippen molar-refractivity contribution < 1.29 is 4.74 Å². The van der Waals surface area contributed by atoms with Crippen LogP contribution in [0.5, 0.6) is 5.75 Å². The van der Waals surface area contributed by atoms with Gasteiger partial charge in [-0.05, 0) is 48.6 Å². The minimum Gasteiger partial charge on any atom is -0.493 e. The lowest BCUT2D eigenvalue weighted by Crippen LogP contribution is -2.24. The van der Waals surface area contributed by atoms with Crippen molar-refractivity contribution >= 4 is 10.8 Å². The van der Waals surface area contributed by atoms with E-state index in [1.54, 1.807) is 0 Å². The number of nitrogens with one attached hydrogen (secondary N) is 1. The van der Waals surface area contributed by atoms with Crippen molar-refractivity contribution in [1.82, 2.24) is 5.32 Å². The molecule has 2 aromatic rings. The first-order chi connectivity index (χ1) is 11.4. The molecule has 1 aliphatic carbocycles. The molecule has 1 saturated carbocycles. The first-order valence-corrected chi connectivity index (χ1v) is 9.22. The quantitative estimate of drug-likeness (QED) is 0.749. The van der Waals surface area contributed by atoms with Crippen LogP contribution in [-0.2, 0) is 6.54 Å². The highest BCUT2D eigenvalue weighted by atomic mass is 16.5. The second kappa shape index (κ2) is 8.35. The van der Waals surface area contributed by atoms with E-state index in [0.29, 0.717) is 0 Å². The molecule has 0 unspecified atom stereocenters. The van der Waals surface area contributed by atoms with Crippen molar-refractivity contribution in [2.75, 3.05) is 13.2 Å². The summed E-state index contributed by atoms with van der Waals surface area (Å²) in [6.07, 6.45) is 8.07. The lowest BCUT2D eigenvalue weighted by atomic mass is 9.89. The molecule has 0 aliphatic heterocycles. The van der Waals surface area contributed by atoms with Crippen molar-refractivity contribution in [3.63, 3.8) is 0 Å². The second-order valence-electron chi connectivity index (χ2n) is 6.75. The summed E-state index contributed by atoms with van der Waals surface area (Å²) in [7, 11) is 0. The van der Waals surface area contributed by atoms with Crippen LogP contribution in [0.1, 0.15) is 51.0 Å². The molecule has 3 rings (SSSR count). The third-order valence-electron chi connectivity index (χ3n) is 4.92. The average molecular weight is 311 g/mol. The van der Waals surface area contributed by atoms with E-state index in [9.17, 15) is 0 Å². The summed E-state index contributed by atoms with van der Waals surface area (Å²) >= 11 is 0. The number of benzene rings is 2. The van der Waals surface area contributed by atoms with Gasteiger partial charge in [-0.3, -0.25) is 0 Å². The molecule has 0 amide bonds. The SMILES string of the molecule is CCCOc1ccc2ccccc2c1CNCC1CCCCC1. The summed E-state index contributed by atoms with van der Waals surface area (Å²) in [5, 5.41) is 6.31. The molecule has 0 radical (unpaired) electrons. The summed E-state index contributed by atoms with van der Waals surface area (Å²) in [5.41, 5.74) is 1.31. The highest BCUT2D eigenvalue weighted by Gasteiger charge is 2.14.